The number of nitrogen functional groups attached to an aromatic ring is 1. The number of hydrogen-bond acceptors (Lipinski definition) is 13. The van der Waals surface area contributed by atoms with Crippen molar-refractivity contribution < 1.29 is 38.5 Å². The molecule has 3 heterocycles. The lowest BCUT2D eigenvalue weighted by Gasteiger charge is -2.26. The van der Waals surface area contributed by atoms with E-state index in [0.29, 0.717) is 0 Å². The molecule has 0 spiro atoms. The van der Waals surface area contributed by atoms with E-state index in [1.807, 2.05) is 5.48 Å². The minimum atomic E-state index is -1.15. The third kappa shape index (κ3) is 5.65. The van der Waals surface area contributed by atoms with Crippen LogP contribution in [0.3, 0.4) is 0 Å². The van der Waals surface area contributed by atoms with Crippen LogP contribution in [0.4, 0.5) is 11.8 Å². The average molecular weight is 509 g/mol. The van der Waals surface area contributed by atoms with Crippen LogP contribution in [-0.2, 0) is 33.3 Å². The van der Waals surface area contributed by atoms with Gasteiger partial charge in [0.2, 0.25) is 5.95 Å². The van der Waals surface area contributed by atoms with Crippen molar-refractivity contribution in [3.8, 4) is 0 Å². The van der Waals surface area contributed by atoms with Crippen LogP contribution in [0.1, 0.15) is 47.8 Å². The molecule has 0 amide bonds. The van der Waals surface area contributed by atoms with Gasteiger partial charge in [0.05, 0.1) is 24.1 Å². The van der Waals surface area contributed by atoms with Crippen molar-refractivity contribution in [1.82, 2.24) is 19.5 Å². The second kappa shape index (κ2) is 11.0. The van der Waals surface area contributed by atoms with Crippen LogP contribution < -0.4 is 11.2 Å². The molecule has 4 N–H and O–H groups in total. The van der Waals surface area contributed by atoms with Crippen molar-refractivity contribution >= 4 is 40.8 Å². The zero-order valence-electron chi connectivity index (χ0n) is 21.0. The van der Waals surface area contributed by atoms with Crippen LogP contribution in [0.15, 0.2) is 6.33 Å². The molecule has 0 saturated carbocycles. The molecule has 3 rings (SSSR count). The first-order valence-corrected chi connectivity index (χ1v) is 11.6. The second-order valence-corrected chi connectivity index (χ2v) is 9.33. The molecular weight excluding hydrogens is 476 g/mol. The molecule has 198 valence electrons. The maximum atomic E-state index is 12.6. The van der Waals surface area contributed by atoms with E-state index in [1.54, 1.807) is 41.5 Å². The number of anilines is 2. The Morgan fingerprint density at radius 3 is 2.17 bits per heavy atom. The molecule has 2 aromatic rings. The smallest absolute Gasteiger partial charge is 0.308 e. The number of carbonyl (C=O) groups is 3. The van der Waals surface area contributed by atoms with Crippen molar-refractivity contribution in [1.29, 1.82) is 0 Å². The molecule has 1 fully saturated rings. The normalized spacial score (nSPS) is 21.8. The topological polar surface area (TPSA) is 190 Å². The molecule has 36 heavy (non-hydrogen) atoms. The van der Waals surface area contributed by atoms with E-state index in [9.17, 15) is 19.6 Å². The van der Waals surface area contributed by atoms with Crippen LogP contribution in [0.25, 0.3) is 11.2 Å². The highest BCUT2D eigenvalue weighted by Crippen LogP contribution is 2.37. The average Bonchev–Trinajstić information content (AvgIpc) is 3.37. The van der Waals surface area contributed by atoms with Crippen molar-refractivity contribution in [2.24, 2.45) is 17.8 Å². The fraction of sp³-hybridized carbons (Fsp3) is 0.636. The lowest BCUT2D eigenvalue weighted by atomic mass is 10.1. The molecular formula is C22H32N6O8. The number of esters is 3. The summed E-state index contributed by atoms with van der Waals surface area (Å²) in [4.78, 5) is 49.6. The number of carbonyl (C=O) groups excluding carboxylic acids is 3. The standard InChI is InChI=1S/C22H32N6O8/c1-9(2)19(29)33-7-12-14(35-20(30)10(3)4)15(36-21(31)11(5)6)18(34-12)28-8-24-13-16(27-32)25-22(23)26-17(13)28/h8-12,14-15,18,32H,7H2,1-6H3,(H3,23,25,26,27)/t12-,14-,15-,18-/m1/s1. The van der Waals surface area contributed by atoms with Crippen molar-refractivity contribution in [3.05, 3.63) is 6.33 Å². The van der Waals surface area contributed by atoms with Gasteiger partial charge < -0.3 is 24.7 Å². The maximum Gasteiger partial charge on any atom is 0.308 e. The van der Waals surface area contributed by atoms with Crippen molar-refractivity contribution in [2.75, 3.05) is 17.8 Å². The summed E-state index contributed by atoms with van der Waals surface area (Å²) >= 11 is 0. The quantitative estimate of drug-likeness (QED) is 0.251. The maximum absolute atomic E-state index is 12.6. The minimum Gasteiger partial charge on any atom is -0.463 e. The first kappa shape index (κ1) is 27.1. The Labute approximate surface area is 207 Å². The summed E-state index contributed by atoms with van der Waals surface area (Å²) < 4.78 is 24.4. The van der Waals surface area contributed by atoms with Crippen LogP contribution >= 0.6 is 0 Å². The Balaban J connectivity index is 2.07. The van der Waals surface area contributed by atoms with E-state index in [2.05, 4.69) is 15.0 Å². The molecule has 0 radical (unpaired) electrons. The summed E-state index contributed by atoms with van der Waals surface area (Å²) in [6.07, 6.45) is -2.99. The number of nitrogens with one attached hydrogen (secondary N) is 1. The lowest BCUT2D eigenvalue weighted by Crippen LogP contribution is -2.42. The molecule has 0 aliphatic carbocycles. The van der Waals surface area contributed by atoms with E-state index in [0.717, 1.165) is 0 Å². The first-order valence-electron chi connectivity index (χ1n) is 11.6. The number of hydrogen-bond donors (Lipinski definition) is 3. The number of fused-ring (bicyclic) bond motifs is 1. The van der Waals surface area contributed by atoms with Crippen LogP contribution in [-0.4, -0.2) is 67.6 Å². The molecule has 1 saturated heterocycles. The van der Waals surface area contributed by atoms with E-state index >= 15 is 0 Å². The van der Waals surface area contributed by atoms with Crippen molar-refractivity contribution in [3.63, 3.8) is 0 Å². The molecule has 14 heteroatoms. The minimum absolute atomic E-state index is 0.0461. The molecule has 2 aromatic heterocycles. The summed E-state index contributed by atoms with van der Waals surface area (Å²) in [5.41, 5.74) is 8.01. The van der Waals surface area contributed by atoms with E-state index < -0.39 is 60.2 Å². The summed E-state index contributed by atoms with van der Waals surface area (Å²) in [5, 5.41) is 9.42. The third-order valence-electron chi connectivity index (χ3n) is 5.41. The number of nitrogens with two attached hydrogens (primary N) is 1. The van der Waals surface area contributed by atoms with Gasteiger partial charge in [-0.1, -0.05) is 41.5 Å². The van der Waals surface area contributed by atoms with Gasteiger partial charge in [-0.25, -0.2) is 4.98 Å². The number of rotatable bonds is 9. The highest BCUT2D eigenvalue weighted by molar-refractivity contribution is 5.83. The monoisotopic (exact) mass is 508 g/mol. The Hall–Kier alpha value is -3.52. The van der Waals surface area contributed by atoms with Gasteiger partial charge in [0.25, 0.3) is 0 Å². The molecule has 0 aromatic carbocycles. The second-order valence-electron chi connectivity index (χ2n) is 9.33. The van der Waals surface area contributed by atoms with E-state index in [-0.39, 0.29) is 29.5 Å². The van der Waals surface area contributed by atoms with Gasteiger partial charge in [-0.15, -0.1) is 0 Å². The molecule has 1 aliphatic heterocycles. The summed E-state index contributed by atoms with van der Waals surface area (Å²) in [7, 11) is 0. The Bertz CT molecular complexity index is 1120. The van der Waals surface area contributed by atoms with Gasteiger partial charge in [0.1, 0.15) is 12.7 Å². The molecule has 0 bridgehead atoms. The van der Waals surface area contributed by atoms with E-state index in [1.165, 1.54) is 10.9 Å². The molecule has 0 unspecified atom stereocenters. The zero-order chi connectivity index (χ0) is 26.7. The van der Waals surface area contributed by atoms with Gasteiger partial charge in [-0.3, -0.25) is 29.6 Å². The predicted octanol–water partition coefficient (Wildman–Crippen LogP) is 1.44. The van der Waals surface area contributed by atoms with E-state index in [4.69, 9.17) is 24.7 Å². The number of nitrogens with zero attached hydrogens (tertiary/aromatic N) is 4. The SMILES string of the molecule is CC(C)C(=O)OC[C@H]1O[C@@H](n2cnc3c(NO)nc(N)nc32)[C@H](OC(=O)C(C)C)[C@@H]1OC(=O)C(C)C. The third-order valence-corrected chi connectivity index (χ3v) is 5.41. The predicted molar refractivity (Wildman–Crippen MR) is 124 cm³/mol. The van der Waals surface area contributed by atoms with Crippen LogP contribution in [0, 0.1) is 17.8 Å². The number of ether oxygens (including phenoxy) is 4. The lowest BCUT2D eigenvalue weighted by molar-refractivity contribution is -0.173. The van der Waals surface area contributed by atoms with Crippen molar-refractivity contribution in [2.45, 2.75) is 66.1 Å². The van der Waals surface area contributed by atoms with Crippen LogP contribution in [0.5, 0.6) is 0 Å². The fourth-order valence-electron chi connectivity index (χ4n) is 3.40. The molecule has 1 aliphatic rings. The highest BCUT2D eigenvalue weighted by atomic mass is 16.7. The van der Waals surface area contributed by atoms with Gasteiger partial charge >= 0.3 is 17.9 Å². The van der Waals surface area contributed by atoms with Gasteiger partial charge in [0.15, 0.2) is 35.4 Å². The summed E-state index contributed by atoms with van der Waals surface area (Å²) in [6, 6.07) is 0. The van der Waals surface area contributed by atoms with Gasteiger partial charge in [-0.05, 0) is 0 Å². The summed E-state index contributed by atoms with van der Waals surface area (Å²) in [5.74, 6) is -3.17. The first-order chi connectivity index (χ1) is 16.9. The highest BCUT2D eigenvalue weighted by Gasteiger charge is 2.52. The molecule has 4 atom stereocenters. The Morgan fingerprint density at radius 2 is 1.61 bits per heavy atom. The Kier molecular flexibility index (Phi) is 8.30. The molecule has 14 nitrogen and oxygen atoms in total. The fourth-order valence-corrected chi connectivity index (χ4v) is 3.40. The number of aromatic nitrogens is 4. The van der Waals surface area contributed by atoms with Gasteiger partial charge in [0, 0.05) is 0 Å². The summed E-state index contributed by atoms with van der Waals surface area (Å²) in [6.45, 7) is 9.73. The zero-order valence-corrected chi connectivity index (χ0v) is 21.0. The van der Waals surface area contributed by atoms with Gasteiger partial charge in [-0.2, -0.15) is 9.97 Å². The number of imidazole rings is 1. The largest absolute Gasteiger partial charge is 0.463 e. The Morgan fingerprint density at radius 1 is 1.03 bits per heavy atom. The van der Waals surface area contributed by atoms with Crippen LogP contribution in [0.2, 0.25) is 0 Å².